The van der Waals surface area contributed by atoms with E-state index in [0.29, 0.717) is 19.5 Å². The predicted molar refractivity (Wildman–Crippen MR) is 78.1 cm³/mol. The van der Waals surface area contributed by atoms with E-state index in [4.69, 9.17) is 9.84 Å². The first-order valence-electron chi connectivity index (χ1n) is 7.71. The standard InChI is InChI=1S/C15H26N2O4/c1-14(21-9-13(19)20)10-17(11-14)12(18)8-15(16-2)6-4-3-5-7-15/h16H,3-11H2,1-2H3,(H,19,20). The number of likely N-dealkylation sites (tertiary alicyclic amines) is 1. The molecule has 6 heteroatoms. The number of carbonyl (C=O) groups excluding carboxylic acids is 1. The van der Waals surface area contributed by atoms with Gasteiger partial charge in [-0.2, -0.15) is 0 Å². The Kier molecular flexibility index (Phi) is 4.88. The summed E-state index contributed by atoms with van der Waals surface area (Å²) in [5.74, 6) is -0.833. The highest BCUT2D eigenvalue weighted by Gasteiger charge is 2.44. The molecule has 0 aromatic rings. The number of carboxylic acid groups (broad SMARTS) is 1. The van der Waals surface area contributed by atoms with Gasteiger partial charge in [0.1, 0.15) is 12.2 Å². The minimum absolute atomic E-state index is 0.0523. The molecule has 0 aromatic carbocycles. The van der Waals surface area contributed by atoms with Crippen LogP contribution in [-0.4, -0.2) is 59.8 Å². The van der Waals surface area contributed by atoms with Crippen LogP contribution in [0.15, 0.2) is 0 Å². The number of nitrogens with one attached hydrogen (secondary N) is 1. The van der Waals surface area contributed by atoms with Crippen molar-refractivity contribution in [3.63, 3.8) is 0 Å². The highest BCUT2D eigenvalue weighted by atomic mass is 16.5. The molecular formula is C15H26N2O4. The third-order valence-electron chi connectivity index (χ3n) is 4.78. The van der Waals surface area contributed by atoms with Crippen LogP contribution < -0.4 is 5.32 Å². The molecule has 1 saturated heterocycles. The van der Waals surface area contributed by atoms with Gasteiger partial charge in [0, 0.05) is 12.0 Å². The maximum Gasteiger partial charge on any atom is 0.329 e. The largest absolute Gasteiger partial charge is 0.480 e. The van der Waals surface area contributed by atoms with Crippen LogP contribution >= 0.6 is 0 Å². The molecule has 2 N–H and O–H groups in total. The van der Waals surface area contributed by atoms with Crippen LogP contribution in [0.25, 0.3) is 0 Å². The van der Waals surface area contributed by atoms with Crippen molar-refractivity contribution >= 4 is 11.9 Å². The average molecular weight is 298 g/mol. The van der Waals surface area contributed by atoms with Gasteiger partial charge in [-0.1, -0.05) is 19.3 Å². The normalized spacial score (nSPS) is 23.4. The summed E-state index contributed by atoms with van der Waals surface area (Å²) in [5, 5.41) is 12.0. The minimum Gasteiger partial charge on any atom is -0.480 e. The van der Waals surface area contributed by atoms with Crippen LogP contribution in [0.3, 0.4) is 0 Å². The molecule has 0 atom stereocenters. The molecule has 1 saturated carbocycles. The van der Waals surface area contributed by atoms with E-state index in [2.05, 4.69) is 5.32 Å². The quantitative estimate of drug-likeness (QED) is 0.765. The van der Waals surface area contributed by atoms with E-state index in [0.717, 1.165) is 12.8 Å². The number of nitrogens with zero attached hydrogens (tertiary/aromatic N) is 1. The van der Waals surface area contributed by atoms with Crippen LogP contribution in [0.5, 0.6) is 0 Å². The molecule has 0 radical (unpaired) electrons. The summed E-state index contributed by atoms with van der Waals surface area (Å²) < 4.78 is 5.34. The van der Waals surface area contributed by atoms with E-state index in [1.165, 1.54) is 19.3 Å². The lowest BCUT2D eigenvalue weighted by atomic mass is 9.78. The third kappa shape index (κ3) is 3.95. The molecule has 0 unspecified atom stereocenters. The smallest absolute Gasteiger partial charge is 0.329 e. The first-order valence-corrected chi connectivity index (χ1v) is 7.71. The monoisotopic (exact) mass is 298 g/mol. The molecule has 2 aliphatic rings. The molecule has 21 heavy (non-hydrogen) atoms. The number of carboxylic acids is 1. The van der Waals surface area contributed by atoms with Gasteiger partial charge >= 0.3 is 5.97 Å². The maximum atomic E-state index is 12.4. The molecule has 2 fully saturated rings. The van der Waals surface area contributed by atoms with Gasteiger partial charge in [-0.25, -0.2) is 4.79 Å². The number of carbonyl (C=O) groups is 2. The molecule has 1 amide bonds. The van der Waals surface area contributed by atoms with Gasteiger partial charge in [0.05, 0.1) is 13.1 Å². The zero-order chi connectivity index (χ0) is 15.5. The van der Waals surface area contributed by atoms with E-state index in [-0.39, 0.29) is 18.1 Å². The number of amides is 1. The number of hydrogen-bond acceptors (Lipinski definition) is 4. The van der Waals surface area contributed by atoms with Crippen molar-refractivity contribution in [2.24, 2.45) is 0 Å². The van der Waals surface area contributed by atoms with Gasteiger partial charge in [-0.05, 0) is 26.8 Å². The molecule has 0 spiro atoms. The topological polar surface area (TPSA) is 78.9 Å². The van der Waals surface area contributed by atoms with E-state index in [9.17, 15) is 9.59 Å². The maximum absolute atomic E-state index is 12.4. The Morgan fingerprint density at radius 2 is 1.86 bits per heavy atom. The first-order chi connectivity index (χ1) is 9.88. The summed E-state index contributed by atoms with van der Waals surface area (Å²) in [5.41, 5.74) is -0.559. The fourth-order valence-corrected chi connectivity index (χ4v) is 3.41. The van der Waals surface area contributed by atoms with Crippen LogP contribution in [0.2, 0.25) is 0 Å². The predicted octanol–water partition coefficient (Wildman–Crippen LogP) is 1.00. The number of rotatable bonds is 6. The van der Waals surface area contributed by atoms with Crippen LogP contribution in [0.4, 0.5) is 0 Å². The molecule has 1 heterocycles. The Balaban J connectivity index is 1.81. The van der Waals surface area contributed by atoms with Crippen molar-refractivity contribution in [2.75, 3.05) is 26.7 Å². The molecule has 6 nitrogen and oxygen atoms in total. The Morgan fingerprint density at radius 1 is 1.24 bits per heavy atom. The summed E-state index contributed by atoms with van der Waals surface area (Å²) in [4.78, 5) is 24.7. The molecule has 1 aliphatic heterocycles. The van der Waals surface area contributed by atoms with Crippen molar-refractivity contribution < 1.29 is 19.4 Å². The molecule has 2 rings (SSSR count). The lowest BCUT2D eigenvalue weighted by molar-refractivity contribution is -0.174. The summed E-state index contributed by atoms with van der Waals surface area (Å²) in [6, 6.07) is 0. The van der Waals surface area contributed by atoms with Gasteiger partial charge in [-0.15, -0.1) is 0 Å². The summed E-state index contributed by atoms with van der Waals surface area (Å²) in [6.07, 6.45) is 6.23. The molecule has 1 aliphatic carbocycles. The highest BCUT2D eigenvalue weighted by Crippen LogP contribution is 2.33. The van der Waals surface area contributed by atoms with Gasteiger partial charge in [-0.3, -0.25) is 4.79 Å². The van der Waals surface area contributed by atoms with Crippen molar-refractivity contribution in [1.29, 1.82) is 0 Å². The Bertz CT molecular complexity index is 398. The zero-order valence-electron chi connectivity index (χ0n) is 13.0. The van der Waals surface area contributed by atoms with E-state index in [1.807, 2.05) is 14.0 Å². The van der Waals surface area contributed by atoms with E-state index in [1.54, 1.807) is 4.90 Å². The van der Waals surface area contributed by atoms with Crippen molar-refractivity contribution in [1.82, 2.24) is 10.2 Å². The van der Waals surface area contributed by atoms with Crippen molar-refractivity contribution in [3.05, 3.63) is 0 Å². The van der Waals surface area contributed by atoms with Crippen molar-refractivity contribution in [3.8, 4) is 0 Å². The van der Waals surface area contributed by atoms with Crippen molar-refractivity contribution in [2.45, 2.75) is 56.6 Å². The average Bonchev–Trinajstić information content (AvgIpc) is 2.43. The SMILES string of the molecule is CNC1(CC(=O)N2CC(C)(OCC(=O)O)C2)CCCCC1. The van der Waals surface area contributed by atoms with Crippen LogP contribution in [0.1, 0.15) is 45.4 Å². The molecular weight excluding hydrogens is 272 g/mol. The number of aliphatic carboxylic acids is 1. The number of hydrogen-bond donors (Lipinski definition) is 2. The zero-order valence-corrected chi connectivity index (χ0v) is 13.0. The van der Waals surface area contributed by atoms with Gasteiger partial charge in [0.25, 0.3) is 0 Å². The third-order valence-corrected chi connectivity index (χ3v) is 4.78. The molecule has 120 valence electrons. The lowest BCUT2D eigenvalue weighted by Crippen LogP contribution is -2.64. The van der Waals surface area contributed by atoms with Gasteiger partial charge in [0.2, 0.25) is 5.91 Å². The lowest BCUT2D eigenvalue weighted by Gasteiger charge is -2.48. The summed E-state index contributed by atoms with van der Waals surface area (Å²) in [7, 11) is 1.94. The summed E-state index contributed by atoms with van der Waals surface area (Å²) in [6.45, 7) is 2.52. The second kappa shape index (κ2) is 6.32. The molecule has 0 bridgehead atoms. The van der Waals surface area contributed by atoms with Crippen LogP contribution in [-0.2, 0) is 14.3 Å². The fraction of sp³-hybridized carbons (Fsp3) is 0.867. The van der Waals surface area contributed by atoms with Gasteiger partial charge in [0.15, 0.2) is 0 Å². The fourth-order valence-electron chi connectivity index (χ4n) is 3.41. The van der Waals surface area contributed by atoms with E-state index < -0.39 is 11.6 Å². The number of ether oxygens (including phenoxy) is 1. The minimum atomic E-state index is -0.975. The highest BCUT2D eigenvalue weighted by molar-refractivity contribution is 5.78. The molecule has 0 aromatic heterocycles. The Hall–Kier alpha value is -1.14. The second-order valence-corrected chi connectivity index (χ2v) is 6.65. The Morgan fingerprint density at radius 3 is 2.38 bits per heavy atom. The Labute approximate surface area is 125 Å². The first kappa shape index (κ1) is 16.2. The summed E-state index contributed by atoms with van der Waals surface area (Å²) >= 11 is 0. The van der Waals surface area contributed by atoms with Crippen LogP contribution in [0, 0.1) is 0 Å². The van der Waals surface area contributed by atoms with Gasteiger partial charge < -0.3 is 20.1 Å². The van der Waals surface area contributed by atoms with E-state index >= 15 is 0 Å². The second-order valence-electron chi connectivity index (χ2n) is 6.65.